The van der Waals surface area contributed by atoms with Crippen LogP contribution in [0.4, 0.5) is 10.6 Å². The van der Waals surface area contributed by atoms with E-state index in [1.165, 1.54) is 11.1 Å². The van der Waals surface area contributed by atoms with E-state index in [9.17, 15) is 9.59 Å². The first kappa shape index (κ1) is 19.4. The number of nitrogens with two attached hydrogens (primary N) is 1. The molecular formula is C22H27N5O2. The first-order valence-electron chi connectivity index (χ1n) is 10.2. The van der Waals surface area contributed by atoms with Gasteiger partial charge in [0.15, 0.2) is 0 Å². The maximum absolute atomic E-state index is 11.7. The Labute approximate surface area is 170 Å². The Morgan fingerprint density at radius 1 is 1.14 bits per heavy atom. The fourth-order valence-electron chi connectivity index (χ4n) is 4.57. The summed E-state index contributed by atoms with van der Waals surface area (Å²) in [7, 11) is 0. The third-order valence-electron chi connectivity index (χ3n) is 6.24. The van der Waals surface area contributed by atoms with Gasteiger partial charge in [-0.3, -0.25) is 14.7 Å². The lowest BCUT2D eigenvalue weighted by atomic mass is 9.85. The Bertz CT molecular complexity index is 950. The van der Waals surface area contributed by atoms with Crippen molar-refractivity contribution in [3.63, 3.8) is 0 Å². The number of primary amides is 1. The number of carbonyl (C=O) groups excluding carboxylic acids is 2. The highest BCUT2D eigenvalue weighted by Gasteiger charge is 2.25. The quantitative estimate of drug-likeness (QED) is 0.849. The minimum atomic E-state index is -0.456. The molecule has 0 saturated carbocycles. The predicted octanol–water partition coefficient (Wildman–Crippen LogP) is 3.01. The lowest BCUT2D eigenvalue weighted by Crippen LogP contribution is -2.40. The molecule has 1 fully saturated rings. The maximum Gasteiger partial charge on any atom is 0.320 e. The van der Waals surface area contributed by atoms with Crippen molar-refractivity contribution in [3.05, 3.63) is 41.3 Å². The maximum atomic E-state index is 11.7. The second kappa shape index (κ2) is 7.81. The number of hydrogen-bond donors (Lipinski definition) is 1. The monoisotopic (exact) mass is 393 g/mol. The molecule has 0 atom stereocenters. The number of aromatic nitrogens is 2. The molecule has 152 valence electrons. The van der Waals surface area contributed by atoms with Crippen LogP contribution >= 0.6 is 0 Å². The SMILES string of the molecule is CC(=O)N1CCC(c2cncc(-c3cnc4c(c3)CCCN4C(N)=O)c2C)CC1. The molecule has 3 amide bonds. The van der Waals surface area contributed by atoms with Crippen LogP contribution in [-0.2, 0) is 11.2 Å². The van der Waals surface area contributed by atoms with Crippen molar-refractivity contribution in [2.75, 3.05) is 24.5 Å². The molecule has 0 aliphatic carbocycles. The summed E-state index contributed by atoms with van der Waals surface area (Å²) in [5.74, 6) is 1.23. The molecule has 7 heteroatoms. The Kier molecular flexibility index (Phi) is 5.22. The summed E-state index contributed by atoms with van der Waals surface area (Å²) in [6.07, 6.45) is 9.35. The molecule has 2 aliphatic heterocycles. The third kappa shape index (κ3) is 3.69. The zero-order valence-corrected chi connectivity index (χ0v) is 17.0. The van der Waals surface area contributed by atoms with Crippen molar-refractivity contribution in [2.45, 2.75) is 45.4 Å². The Hall–Kier alpha value is -2.96. The van der Waals surface area contributed by atoms with Gasteiger partial charge in [-0.15, -0.1) is 0 Å². The molecule has 4 rings (SSSR count). The van der Waals surface area contributed by atoms with Crippen LogP contribution in [0, 0.1) is 6.92 Å². The van der Waals surface area contributed by atoms with E-state index in [4.69, 9.17) is 5.73 Å². The van der Waals surface area contributed by atoms with Gasteiger partial charge in [-0.2, -0.15) is 0 Å². The van der Waals surface area contributed by atoms with Crippen LogP contribution in [-0.4, -0.2) is 46.4 Å². The fraction of sp³-hybridized carbons (Fsp3) is 0.455. The molecule has 0 bridgehead atoms. The number of rotatable bonds is 2. The van der Waals surface area contributed by atoms with Gasteiger partial charge in [-0.1, -0.05) is 0 Å². The average Bonchev–Trinajstić information content (AvgIpc) is 2.73. The summed E-state index contributed by atoms with van der Waals surface area (Å²) >= 11 is 0. The van der Waals surface area contributed by atoms with Crippen LogP contribution in [0.1, 0.15) is 48.8 Å². The molecule has 0 aromatic carbocycles. The smallest absolute Gasteiger partial charge is 0.320 e. The molecule has 29 heavy (non-hydrogen) atoms. The highest BCUT2D eigenvalue weighted by molar-refractivity contribution is 5.91. The lowest BCUT2D eigenvalue weighted by Gasteiger charge is -2.32. The molecule has 2 aromatic heterocycles. The van der Waals surface area contributed by atoms with Crippen LogP contribution < -0.4 is 10.6 Å². The largest absolute Gasteiger partial charge is 0.351 e. The lowest BCUT2D eigenvalue weighted by molar-refractivity contribution is -0.129. The van der Waals surface area contributed by atoms with Gasteiger partial charge in [0, 0.05) is 56.3 Å². The summed E-state index contributed by atoms with van der Waals surface area (Å²) in [5, 5.41) is 0. The van der Waals surface area contributed by atoms with Crippen molar-refractivity contribution >= 4 is 17.8 Å². The van der Waals surface area contributed by atoms with Gasteiger partial charge < -0.3 is 10.6 Å². The van der Waals surface area contributed by atoms with Gasteiger partial charge in [-0.05, 0) is 61.3 Å². The molecular weight excluding hydrogens is 366 g/mol. The van der Waals surface area contributed by atoms with Crippen LogP contribution in [0.2, 0.25) is 0 Å². The minimum absolute atomic E-state index is 0.150. The molecule has 0 unspecified atom stereocenters. The van der Waals surface area contributed by atoms with Gasteiger partial charge >= 0.3 is 6.03 Å². The van der Waals surface area contributed by atoms with Gasteiger partial charge in [0.2, 0.25) is 5.91 Å². The molecule has 2 N–H and O–H groups in total. The topological polar surface area (TPSA) is 92.4 Å². The third-order valence-corrected chi connectivity index (χ3v) is 6.24. The number of pyridine rings is 2. The van der Waals surface area contributed by atoms with Crippen molar-refractivity contribution < 1.29 is 9.59 Å². The molecule has 4 heterocycles. The molecule has 2 aliphatic rings. The van der Waals surface area contributed by atoms with Crippen molar-refractivity contribution in [1.82, 2.24) is 14.9 Å². The number of piperidine rings is 1. The van der Waals surface area contributed by atoms with Crippen LogP contribution in [0.3, 0.4) is 0 Å². The van der Waals surface area contributed by atoms with Gasteiger partial charge in [0.1, 0.15) is 5.82 Å². The molecule has 1 saturated heterocycles. The number of urea groups is 1. The van der Waals surface area contributed by atoms with E-state index >= 15 is 0 Å². The summed E-state index contributed by atoms with van der Waals surface area (Å²) < 4.78 is 0. The van der Waals surface area contributed by atoms with Crippen molar-refractivity contribution in [3.8, 4) is 11.1 Å². The van der Waals surface area contributed by atoms with Gasteiger partial charge in [-0.25, -0.2) is 9.78 Å². The normalized spacial score (nSPS) is 17.2. The number of fused-ring (bicyclic) bond motifs is 1. The van der Waals surface area contributed by atoms with E-state index in [0.29, 0.717) is 18.3 Å². The number of likely N-dealkylation sites (tertiary alicyclic amines) is 1. The highest BCUT2D eigenvalue weighted by Crippen LogP contribution is 2.35. The molecule has 7 nitrogen and oxygen atoms in total. The predicted molar refractivity (Wildman–Crippen MR) is 112 cm³/mol. The zero-order valence-electron chi connectivity index (χ0n) is 17.0. The molecule has 0 radical (unpaired) electrons. The van der Waals surface area contributed by atoms with Crippen LogP contribution in [0.5, 0.6) is 0 Å². The summed E-state index contributed by atoms with van der Waals surface area (Å²) in [4.78, 5) is 35.8. The number of anilines is 1. The van der Waals surface area contributed by atoms with E-state index < -0.39 is 6.03 Å². The minimum Gasteiger partial charge on any atom is -0.351 e. The summed E-state index contributed by atoms with van der Waals surface area (Å²) in [6.45, 7) is 5.98. The first-order chi connectivity index (χ1) is 14.0. The summed E-state index contributed by atoms with van der Waals surface area (Å²) in [5.41, 5.74) is 11.1. The van der Waals surface area contributed by atoms with Crippen molar-refractivity contribution in [2.24, 2.45) is 5.73 Å². The van der Waals surface area contributed by atoms with E-state index in [1.54, 1.807) is 11.8 Å². The second-order valence-corrected chi connectivity index (χ2v) is 7.98. The number of amides is 3. The van der Waals surface area contributed by atoms with E-state index in [1.807, 2.05) is 23.5 Å². The number of nitrogens with zero attached hydrogens (tertiary/aromatic N) is 4. The van der Waals surface area contributed by atoms with Gasteiger partial charge in [0.25, 0.3) is 0 Å². The first-order valence-corrected chi connectivity index (χ1v) is 10.2. The fourth-order valence-corrected chi connectivity index (χ4v) is 4.57. The Balaban J connectivity index is 1.63. The highest BCUT2D eigenvalue weighted by atomic mass is 16.2. The van der Waals surface area contributed by atoms with Crippen LogP contribution in [0.25, 0.3) is 11.1 Å². The molecule has 0 spiro atoms. The van der Waals surface area contributed by atoms with Gasteiger partial charge in [0.05, 0.1) is 0 Å². The summed E-state index contributed by atoms with van der Waals surface area (Å²) in [6, 6.07) is 1.66. The second-order valence-electron chi connectivity index (χ2n) is 7.98. The van der Waals surface area contributed by atoms with Crippen molar-refractivity contribution in [1.29, 1.82) is 0 Å². The Morgan fingerprint density at radius 3 is 2.59 bits per heavy atom. The number of carbonyl (C=O) groups is 2. The molecule has 2 aromatic rings. The average molecular weight is 393 g/mol. The zero-order chi connectivity index (χ0) is 20.5. The van der Waals surface area contributed by atoms with E-state index in [2.05, 4.69) is 23.0 Å². The Morgan fingerprint density at radius 2 is 1.90 bits per heavy atom. The van der Waals surface area contributed by atoms with Crippen LogP contribution in [0.15, 0.2) is 24.7 Å². The number of aryl methyl sites for hydroxylation is 1. The van der Waals surface area contributed by atoms with E-state index in [0.717, 1.165) is 55.5 Å². The standard InChI is InChI=1S/C22H27N5O2/c1-14-19(16-5-8-26(9-6-16)15(2)28)12-24-13-20(14)18-10-17-4-3-7-27(22(23)29)21(17)25-11-18/h10-13,16H,3-9H2,1-2H3,(H2,23,29). The van der Waals surface area contributed by atoms with E-state index in [-0.39, 0.29) is 5.91 Å². The number of hydrogen-bond acceptors (Lipinski definition) is 4.